The molecule has 5 heteroatoms. The van der Waals surface area contributed by atoms with Crippen molar-refractivity contribution in [2.75, 3.05) is 0 Å². The van der Waals surface area contributed by atoms with Gasteiger partial charge in [0.2, 0.25) is 0 Å². The van der Waals surface area contributed by atoms with Gasteiger partial charge in [-0.1, -0.05) is 23.7 Å². The molecule has 84 valence electrons. The smallest absolute Gasteiger partial charge is 0.146 e. The molecule has 0 aliphatic carbocycles. The van der Waals surface area contributed by atoms with E-state index in [0.717, 1.165) is 10.0 Å². The molecule has 16 heavy (non-hydrogen) atoms. The Kier molecular flexibility index (Phi) is 3.64. The lowest BCUT2D eigenvalue weighted by molar-refractivity contribution is 0.600. The highest BCUT2D eigenvalue weighted by Crippen LogP contribution is 2.32. The van der Waals surface area contributed by atoms with Crippen molar-refractivity contribution in [1.29, 1.82) is 0 Å². The van der Waals surface area contributed by atoms with Crippen LogP contribution in [0.5, 0.6) is 0 Å². The first kappa shape index (κ1) is 12.0. The van der Waals surface area contributed by atoms with Crippen molar-refractivity contribution < 1.29 is 4.39 Å². The van der Waals surface area contributed by atoms with Gasteiger partial charge in [0, 0.05) is 15.4 Å². The molecule has 0 amide bonds. The molecule has 1 aromatic heterocycles. The normalized spacial score (nSPS) is 12.8. The van der Waals surface area contributed by atoms with Crippen LogP contribution in [-0.2, 0) is 0 Å². The van der Waals surface area contributed by atoms with E-state index in [0.29, 0.717) is 5.56 Å². The Labute approximate surface area is 110 Å². The number of hydrogen-bond acceptors (Lipinski definition) is 2. The fourth-order valence-corrected chi connectivity index (χ4v) is 3.20. The average molecular weight is 321 g/mol. The monoisotopic (exact) mass is 319 g/mol. The van der Waals surface area contributed by atoms with E-state index < -0.39 is 11.9 Å². The van der Waals surface area contributed by atoms with Gasteiger partial charge in [-0.2, -0.15) is 11.3 Å². The lowest BCUT2D eigenvalue weighted by atomic mass is 10.0. The van der Waals surface area contributed by atoms with Crippen LogP contribution in [-0.4, -0.2) is 0 Å². The lowest BCUT2D eigenvalue weighted by Crippen LogP contribution is -2.13. The lowest BCUT2D eigenvalue weighted by Gasteiger charge is -2.13. The average Bonchev–Trinajstić information content (AvgIpc) is 2.68. The molecular formula is C11H8BrClFNS. The Bertz CT molecular complexity index is 514. The molecule has 0 saturated heterocycles. The number of benzene rings is 1. The maximum Gasteiger partial charge on any atom is 0.146 e. The SMILES string of the molecule is NC(c1cscc1Br)c1cccc(Cl)c1F. The molecule has 0 aliphatic heterocycles. The summed E-state index contributed by atoms with van der Waals surface area (Å²) in [6, 6.07) is 4.35. The Balaban J connectivity index is 2.46. The van der Waals surface area contributed by atoms with Crippen molar-refractivity contribution in [3.8, 4) is 0 Å². The van der Waals surface area contributed by atoms with Crippen molar-refractivity contribution in [2.45, 2.75) is 6.04 Å². The maximum atomic E-state index is 13.8. The molecule has 2 aromatic rings. The zero-order valence-electron chi connectivity index (χ0n) is 8.08. The van der Waals surface area contributed by atoms with E-state index in [2.05, 4.69) is 15.9 Å². The molecule has 0 radical (unpaired) electrons. The summed E-state index contributed by atoms with van der Waals surface area (Å²) in [6.07, 6.45) is 0. The molecule has 0 saturated carbocycles. The third-order valence-electron chi connectivity index (χ3n) is 2.29. The van der Waals surface area contributed by atoms with E-state index >= 15 is 0 Å². The molecule has 0 aliphatic rings. The van der Waals surface area contributed by atoms with Crippen LogP contribution in [0.4, 0.5) is 4.39 Å². The van der Waals surface area contributed by atoms with Gasteiger partial charge in [-0.25, -0.2) is 4.39 Å². The number of rotatable bonds is 2. The Morgan fingerprint density at radius 3 is 2.69 bits per heavy atom. The zero-order chi connectivity index (χ0) is 11.7. The highest BCUT2D eigenvalue weighted by molar-refractivity contribution is 9.10. The van der Waals surface area contributed by atoms with E-state index in [4.69, 9.17) is 17.3 Å². The van der Waals surface area contributed by atoms with Crippen LogP contribution in [0.15, 0.2) is 33.4 Å². The van der Waals surface area contributed by atoms with Crippen molar-refractivity contribution in [1.82, 2.24) is 0 Å². The summed E-state index contributed by atoms with van der Waals surface area (Å²) >= 11 is 10.6. The van der Waals surface area contributed by atoms with Gasteiger partial charge in [0.05, 0.1) is 11.1 Å². The van der Waals surface area contributed by atoms with E-state index in [9.17, 15) is 4.39 Å². The quantitative estimate of drug-likeness (QED) is 0.874. The number of halogens is 3. The summed E-state index contributed by atoms with van der Waals surface area (Å²) in [4.78, 5) is 0. The first-order chi connectivity index (χ1) is 7.61. The molecule has 0 fully saturated rings. The molecular weight excluding hydrogens is 313 g/mol. The first-order valence-electron chi connectivity index (χ1n) is 4.52. The van der Waals surface area contributed by atoms with Crippen LogP contribution in [0.2, 0.25) is 5.02 Å². The molecule has 1 nitrogen and oxygen atoms in total. The molecule has 1 heterocycles. The second-order valence-corrected chi connectivity index (χ2v) is 5.30. The first-order valence-corrected chi connectivity index (χ1v) is 6.63. The Morgan fingerprint density at radius 1 is 1.31 bits per heavy atom. The second-order valence-electron chi connectivity index (χ2n) is 3.30. The minimum Gasteiger partial charge on any atom is -0.320 e. The van der Waals surface area contributed by atoms with Crippen LogP contribution in [0.3, 0.4) is 0 Å². The van der Waals surface area contributed by atoms with Gasteiger partial charge in [-0.15, -0.1) is 0 Å². The van der Waals surface area contributed by atoms with Crippen LogP contribution < -0.4 is 5.73 Å². The predicted octanol–water partition coefficient (Wildman–Crippen LogP) is 4.35. The van der Waals surface area contributed by atoms with Crippen LogP contribution in [0, 0.1) is 5.82 Å². The van der Waals surface area contributed by atoms with Crippen LogP contribution in [0.1, 0.15) is 17.2 Å². The molecule has 1 unspecified atom stereocenters. The molecule has 0 bridgehead atoms. The predicted molar refractivity (Wildman–Crippen MR) is 69.5 cm³/mol. The largest absolute Gasteiger partial charge is 0.320 e. The second kappa shape index (κ2) is 4.84. The number of hydrogen-bond donors (Lipinski definition) is 1. The van der Waals surface area contributed by atoms with Gasteiger partial charge >= 0.3 is 0 Å². The van der Waals surface area contributed by atoms with Crippen molar-refractivity contribution >= 4 is 38.9 Å². The van der Waals surface area contributed by atoms with Gasteiger partial charge in [0.15, 0.2) is 0 Å². The van der Waals surface area contributed by atoms with Crippen molar-refractivity contribution in [3.05, 3.63) is 55.4 Å². The fourth-order valence-electron chi connectivity index (χ4n) is 1.44. The number of nitrogens with two attached hydrogens (primary N) is 1. The van der Waals surface area contributed by atoms with E-state index in [1.165, 1.54) is 17.4 Å². The molecule has 2 rings (SSSR count). The van der Waals surface area contributed by atoms with Gasteiger partial charge in [-0.3, -0.25) is 0 Å². The standard InChI is InChI=1S/C11H8BrClFNS/c12-8-5-16-4-7(8)11(15)6-2-1-3-9(13)10(6)14/h1-5,11H,15H2. The zero-order valence-corrected chi connectivity index (χ0v) is 11.2. The van der Waals surface area contributed by atoms with Crippen LogP contribution >= 0.6 is 38.9 Å². The van der Waals surface area contributed by atoms with Crippen LogP contribution in [0.25, 0.3) is 0 Å². The summed E-state index contributed by atoms with van der Waals surface area (Å²) in [7, 11) is 0. The summed E-state index contributed by atoms with van der Waals surface area (Å²) in [5, 5.41) is 3.91. The fraction of sp³-hybridized carbons (Fsp3) is 0.0909. The summed E-state index contributed by atoms with van der Waals surface area (Å²) < 4.78 is 14.6. The molecule has 2 N–H and O–H groups in total. The van der Waals surface area contributed by atoms with Crippen molar-refractivity contribution in [2.24, 2.45) is 5.73 Å². The van der Waals surface area contributed by atoms with Gasteiger partial charge in [-0.05, 0) is 32.9 Å². The summed E-state index contributed by atoms with van der Waals surface area (Å²) in [5.41, 5.74) is 7.29. The minimum atomic E-state index is -0.501. The highest BCUT2D eigenvalue weighted by Gasteiger charge is 2.18. The third kappa shape index (κ3) is 2.15. The Hall–Kier alpha value is -0.420. The van der Waals surface area contributed by atoms with Gasteiger partial charge in [0.25, 0.3) is 0 Å². The molecule has 1 atom stereocenters. The third-order valence-corrected chi connectivity index (χ3v) is 4.34. The van der Waals surface area contributed by atoms with Crippen molar-refractivity contribution in [3.63, 3.8) is 0 Å². The maximum absolute atomic E-state index is 13.8. The summed E-state index contributed by atoms with van der Waals surface area (Å²) in [6.45, 7) is 0. The highest BCUT2D eigenvalue weighted by atomic mass is 79.9. The minimum absolute atomic E-state index is 0.0966. The topological polar surface area (TPSA) is 26.0 Å². The van der Waals surface area contributed by atoms with Gasteiger partial charge in [0.1, 0.15) is 5.82 Å². The number of thiophene rings is 1. The van der Waals surface area contributed by atoms with Gasteiger partial charge < -0.3 is 5.73 Å². The van der Waals surface area contributed by atoms with E-state index in [-0.39, 0.29) is 5.02 Å². The molecule has 1 aromatic carbocycles. The Morgan fingerprint density at radius 2 is 2.06 bits per heavy atom. The van der Waals surface area contributed by atoms with E-state index in [1.807, 2.05) is 10.8 Å². The molecule has 0 spiro atoms. The van der Waals surface area contributed by atoms with E-state index in [1.54, 1.807) is 12.1 Å². The summed E-state index contributed by atoms with van der Waals surface area (Å²) in [5.74, 6) is -0.449.